The number of nitro benzene ring substituents is 1. The molecular formula is C21H29N3O6. The number of nitrogens with zero attached hydrogens (tertiary/aromatic N) is 2. The number of aryl methyl sites for hydroxylation is 1. The standard InChI is InChI=1S/C21H29N3O6/c1-16-5-6-17(13-18(16)24(27)28)20(26)30-14-19(25)22-15-21(7-3-2-4-8-21)23-9-11-29-12-10-23/h5-6,13H,2-4,7-12,14-15H2,1H3,(H,22,25). The molecule has 1 N–H and O–H groups in total. The third-order valence-corrected chi connectivity index (χ3v) is 6.06. The zero-order valence-corrected chi connectivity index (χ0v) is 17.4. The molecule has 1 amide bonds. The number of carbonyl (C=O) groups is 2. The number of rotatable bonds is 7. The Labute approximate surface area is 175 Å². The quantitative estimate of drug-likeness (QED) is 0.410. The molecule has 1 aliphatic carbocycles. The van der Waals surface area contributed by atoms with Crippen molar-refractivity contribution in [1.82, 2.24) is 10.2 Å². The van der Waals surface area contributed by atoms with Crippen molar-refractivity contribution < 1.29 is 24.0 Å². The second-order valence-corrected chi connectivity index (χ2v) is 8.00. The molecule has 0 unspecified atom stereocenters. The van der Waals surface area contributed by atoms with Gasteiger partial charge in [0, 0.05) is 36.8 Å². The summed E-state index contributed by atoms with van der Waals surface area (Å²) in [6.45, 7) is 4.81. The number of morpholine rings is 1. The molecule has 164 valence electrons. The molecule has 2 fully saturated rings. The summed E-state index contributed by atoms with van der Waals surface area (Å²) in [6, 6.07) is 4.12. The van der Waals surface area contributed by atoms with E-state index in [-0.39, 0.29) is 22.7 Å². The number of benzene rings is 1. The summed E-state index contributed by atoms with van der Waals surface area (Å²) in [4.78, 5) is 37.5. The van der Waals surface area contributed by atoms with Gasteiger partial charge in [-0.05, 0) is 25.8 Å². The van der Waals surface area contributed by atoms with Gasteiger partial charge in [0.1, 0.15) is 0 Å². The first-order chi connectivity index (χ1) is 14.4. The second-order valence-electron chi connectivity index (χ2n) is 8.00. The van der Waals surface area contributed by atoms with Crippen LogP contribution in [0.5, 0.6) is 0 Å². The van der Waals surface area contributed by atoms with Crippen molar-refractivity contribution in [2.24, 2.45) is 0 Å². The van der Waals surface area contributed by atoms with E-state index in [4.69, 9.17) is 9.47 Å². The van der Waals surface area contributed by atoms with E-state index in [2.05, 4.69) is 10.2 Å². The molecule has 1 aromatic carbocycles. The van der Waals surface area contributed by atoms with Gasteiger partial charge in [-0.25, -0.2) is 4.79 Å². The molecule has 3 rings (SSSR count). The van der Waals surface area contributed by atoms with Gasteiger partial charge in [-0.2, -0.15) is 0 Å². The number of nitrogens with one attached hydrogen (secondary N) is 1. The summed E-state index contributed by atoms with van der Waals surface area (Å²) < 4.78 is 10.5. The average Bonchev–Trinajstić information content (AvgIpc) is 2.77. The van der Waals surface area contributed by atoms with Crippen LogP contribution in [-0.2, 0) is 14.3 Å². The van der Waals surface area contributed by atoms with E-state index in [1.165, 1.54) is 24.6 Å². The highest BCUT2D eigenvalue weighted by molar-refractivity contribution is 5.92. The van der Waals surface area contributed by atoms with E-state index in [1.807, 2.05) is 0 Å². The van der Waals surface area contributed by atoms with Crippen molar-refractivity contribution in [3.63, 3.8) is 0 Å². The molecule has 9 heteroatoms. The minimum Gasteiger partial charge on any atom is -0.452 e. The molecule has 9 nitrogen and oxygen atoms in total. The fourth-order valence-electron chi connectivity index (χ4n) is 4.31. The van der Waals surface area contributed by atoms with Crippen LogP contribution in [-0.4, -0.2) is 66.7 Å². The topological polar surface area (TPSA) is 111 Å². The maximum atomic E-state index is 12.3. The predicted octanol–water partition coefficient (Wildman–Crippen LogP) is 2.21. The van der Waals surface area contributed by atoms with Crippen molar-refractivity contribution in [3.8, 4) is 0 Å². The van der Waals surface area contributed by atoms with Crippen LogP contribution in [0.15, 0.2) is 18.2 Å². The first-order valence-corrected chi connectivity index (χ1v) is 10.4. The summed E-state index contributed by atoms with van der Waals surface area (Å²) in [7, 11) is 0. The van der Waals surface area contributed by atoms with Crippen molar-refractivity contribution in [3.05, 3.63) is 39.4 Å². The zero-order valence-electron chi connectivity index (χ0n) is 17.4. The van der Waals surface area contributed by atoms with Crippen LogP contribution in [0.3, 0.4) is 0 Å². The fraction of sp³-hybridized carbons (Fsp3) is 0.619. The van der Waals surface area contributed by atoms with E-state index in [9.17, 15) is 19.7 Å². The number of ether oxygens (including phenoxy) is 2. The predicted molar refractivity (Wildman–Crippen MR) is 109 cm³/mol. The van der Waals surface area contributed by atoms with Crippen LogP contribution in [0.1, 0.15) is 48.0 Å². The van der Waals surface area contributed by atoms with Crippen LogP contribution in [0, 0.1) is 17.0 Å². The molecule has 2 aliphatic rings. The average molecular weight is 419 g/mol. The van der Waals surface area contributed by atoms with Gasteiger partial charge < -0.3 is 14.8 Å². The lowest BCUT2D eigenvalue weighted by atomic mass is 9.79. The van der Waals surface area contributed by atoms with Crippen LogP contribution in [0.25, 0.3) is 0 Å². The van der Waals surface area contributed by atoms with Crippen LogP contribution < -0.4 is 5.32 Å². The molecule has 0 radical (unpaired) electrons. The molecule has 1 aromatic rings. The van der Waals surface area contributed by atoms with Gasteiger partial charge in [-0.15, -0.1) is 0 Å². The molecule has 1 saturated carbocycles. The first-order valence-electron chi connectivity index (χ1n) is 10.4. The van der Waals surface area contributed by atoms with Gasteiger partial charge in [0.25, 0.3) is 11.6 Å². The highest BCUT2D eigenvalue weighted by Gasteiger charge is 2.38. The van der Waals surface area contributed by atoms with Gasteiger partial charge >= 0.3 is 5.97 Å². The Morgan fingerprint density at radius 3 is 2.60 bits per heavy atom. The summed E-state index contributed by atoms with van der Waals surface area (Å²) in [5, 5.41) is 14.0. The van der Waals surface area contributed by atoms with Gasteiger partial charge in [0.2, 0.25) is 0 Å². The highest BCUT2D eigenvalue weighted by atomic mass is 16.6. The fourth-order valence-corrected chi connectivity index (χ4v) is 4.31. The number of esters is 1. The van der Waals surface area contributed by atoms with Crippen molar-refractivity contribution in [1.29, 1.82) is 0 Å². The molecule has 1 saturated heterocycles. The Bertz CT molecular complexity index is 785. The van der Waals surface area contributed by atoms with E-state index < -0.39 is 17.5 Å². The Morgan fingerprint density at radius 2 is 1.93 bits per heavy atom. The Balaban J connectivity index is 1.54. The molecule has 30 heavy (non-hydrogen) atoms. The molecule has 0 aromatic heterocycles. The number of amides is 1. The lowest BCUT2D eigenvalue weighted by Gasteiger charge is -2.48. The van der Waals surface area contributed by atoms with Crippen LogP contribution in [0.4, 0.5) is 5.69 Å². The van der Waals surface area contributed by atoms with E-state index in [1.54, 1.807) is 6.92 Å². The number of nitro groups is 1. The number of carbonyl (C=O) groups excluding carboxylic acids is 2. The van der Waals surface area contributed by atoms with Crippen LogP contribution in [0.2, 0.25) is 0 Å². The van der Waals surface area contributed by atoms with Crippen molar-refractivity contribution >= 4 is 17.6 Å². The first kappa shape index (κ1) is 22.2. The normalized spacial score (nSPS) is 19.1. The number of hydrogen-bond acceptors (Lipinski definition) is 7. The summed E-state index contributed by atoms with van der Waals surface area (Å²) in [5.41, 5.74) is 0.283. The van der Waals surface area contributed by atoms with Crippen LogP contribution >= 0.6 is 0 Å². The highest BCUT2D eigenvalue weighted by Crippen LogP contribution is 2.33. The van der Waals surface area contributed by atoms with E-state index >= 15 is 0 Å². The lowest BCUT2D eigenvalue weighted by Crippen LogP contribution is -2.59. The SMILES string of the molecule is Cc1ccc(C(=O)OCC(=O)NCC2(N3CCOCC3)CCCCC2)cc1[N+](=O)[O-]. The van der Waals surface area contributed by atoms with Gasteiger partial charge in [-0.3, -0.25) is 19.8 Å². The van der Waals surface area contributed by atoms with Crippen molar-refractivity contribution in [2.45, 2.75) is 44.6 Å². The molecule has 0 bridgehead atoms. The molecule has 0 spiro atoms. The van der Waals surface area contributed by atoms with Gasteiger partial charge in [0.15, 0.2) is 6.61 Å². The molecule has 0 atom stereocenters. The van der Waals surface area contributed by atoms with Crippen molar-refractivity contribution in [2.75, 3.05) is 39.5 Å². The summed E-state index contributed by atoms with van der Waals surface area (Å²) in [6.07, 6.45) is 5.53. The minimum absolute atomic E-state index is 0.0529. The van der Waals surface area contributed by atoms with Gasteiger partial charge in [-0.1, -0.05) is 25.3 Å². The Hall–Kier alpha value is -2.52. The monoisotopic (exact) mass is 419 g/mol. The Morgan fingerprint density at radius 1 is 1.23 bits per heavy atom. The minimum atomic E-state index is -0.756. The van der Waals surface area contributed by atoms with E-state index in [0.29, 0.717) is 25.3 Å². The largest absolute Gasteiger partial charge is 0.452 e. The van der Waals surface area contributed by atoms with E-state index in [0.717, 1.165) is 38.8 Å². The zero-order chi connectivity index (χ0) is 21.6. The smallest absolute Gasteiger partial charge is 0.338 e. The maximum Gasteiger partial charge on any atom is 0.338 e. The summed E-state index contributed by atoms with van der Waals surface area (Å²) in [5.74, 6) is -1.13. The molecule has 1 aliphatic heterocycles. The molecular weight excluding hydrogens is 390 g/mol. The Kier molecular flexibility index (Phi) is 7.38. The van der Waals surface area contributed by atoms with Gasteiger partial charge in [0.05, 0.1) is 23.7 Å². The molecule has 1 heterocycles. The number of hydrogen-bond donors (Lipinski definition) is 1. The third kappa shape index (κ3) is 5.34. The lowest BCUT2D eigenvalue weighted by molar-refractivity contribution is -0.385. The maximum absolute atomic E-state index is 12.3. The second kappa shape index (κ2) is 9.99. The summed E-state index contributed by atoms with van der Waals surface area (Å²) >= 11 is 0. The third-order valence-electron chi connectivity index (χ3n) is 6.06.